The quantitative estimate of drug-likeness (QED) is 0.247. The van der Waals surface area contributed by atoms with Crippen molar-refractivity contribution in [1.82, 2.24) is 9.80 Å². The minimum atomic E-state index is -4.49. The smallest absolute Gasteiger partial charge is 0.416 e. The number of fused-ring (bicyclic) bond motifs is 1. The lowest BCUT2D eigenvalue weighted by Crippen LogP contribution is -2.48. The Morgan fingerprint density at radius 3 is 2.34 bits per heavy atom. The lowest BCUT2D eigenvalue weighted by molar-refractivity contribution is -0.137. The second-order valence-electron chi connectivity index (χ2n) is 12.7. The molecule has 0 bridgehead atoms. The van der Waals surface area contributed by atoms with E-state index in [-0.39, 0.29) is 48.9 Å². The van der Waals surface area contributed by atoms with Gasteiger partial charge in [-0.15, -0.1) is 0 Å². The molecule has 0 spiro atoms. The van der Waals surface area contributed by atoms with Gasteiger partial charge in [-0.2, -0.15) is 13.2 Å². The molecule has 4 atom stereocenters. The maximum atomic E-state index is 14.3. The summed E-state index contributed by atoms with van der Waals surface area (Å²) < 4.78 is 51.5. The number of amides is 4. The first-order valence-electron chi connectivity index (χ1n) is 16.7. The number of carbonyl (C=O) groups excluding carboxylic acids is 3. The number of nitrogens with one attached hydrogen (secondary N) is 2. The van der Waals surface area contributed by atoms with Gasteiger partial charge in [0, 0.05) is 49.6 Å². The molecule has 1 aliphatic rings. The zero-order valence-corrected chi connectivity index (χ0v) is 28.7. The number of urea groups is 1. The summed E-state index contributed by atoms with van der Waals surface area (Å²) in [5.41, 5.74) is 0.460. The zero-order valence-electron chi connectivity index (χ0n) is 28.7. The molecule has 4 rings (SSSR count). The molecule has 270 valence electrons. The molecule has 3 N–H and O–H groups in total. The third-order valence-electron chi connectivity index (χ3n) is 8.61. The van der Waals surface area contributed by atoms with Crippen molar-refractivity contribution < 1.29 is 42.1 Å². The minimum absolute atomic E-state index is 0.120. The molecule has 3 aromatic rings. The Morgan fingerprint density at radius 1 is 1.00 bits per heavy atom. The molecule has 0 saturated heterocycles. The molecule has 4 amide bonds. The van der Waals surface area contributed by atoms with Gasteiger partial charge in [-0.05, 0) is 87.7 Å². The van der Waals surface area contributed by atoms with E-state index in [4.69, 9.17) is 9.47 Å². The van der Waals surface area contributed by atoms with Crippen molar-refractivity contribution >= 4 is 29.2 Å². The molecule has 0 aliphatic carbocycles. The predicted octanol–water partition coefficient (Wildman–Crippen LogP) is 6.92. The maximum absolute atomic E-state index is 14.3. The molecule has 1 aliphatic heterocycles. The number of halogens is 3. The summed E-state index contributed by atoms with van der Waals surface area (Å²) in [5.74, 6) is -0.733. The van der Waals surface area contributed by atoms with Crippen LogP contribution in [0.25, 0.3) is 0 Å². The minimum Gasteiger partial charge on any atom is -0.490 e. The molecule has 0 radical (unpaired) electrons. The van der Waals surface area contributed by atoms with E-state index in [1.807, 2.05) is 19.9 Å². The van der Waals surface area contributed by atoms with Crippen molar-refractivity contribution in [2.24, 2.45) is 5.92 Å². The Morgan fingerprint density at radius 2 is 1.68 bits per heavy atom. The Labute approximate surface area is 290 Å². The fourth-order valence-electron chi connectivity index (χ4n) is 5.57. The van der Waals surface area contributed by atoms with Crippen molar-refractivity contribution in [3.63, 3.8) is 0 Å². The average molecular weight is 699 g/mol. The molecule has 0 saturated carbocycles. The fraction of sp³-hybridized carbons (Fsp3) is 0.432. The summed E-state index contributed by atoms with van der Waals surface area (Å²) >= 11 is 0. The molecular formula is C37H45F3N4O6. The maximum Gasteiger partial charge on any atom is 0.416 e. The number of rotatable bonds is 7. The van der Waals surface area contributed by atoms with Gasteiger partial charge in [-0.1, -0.05) is 25.1 Å². The van der Waals surface area contributed by atoms with Crippen LogP contribution in [0, 0.1) is 5.92 Å². The van der Waals surface area contributed by atoms with Crippen molar-refractivity contribution in [2.75, 3.05) is 44.0 Å². The molecule has 0 fully saturated rings. The Hall–Kier alpha value is -4.62. The zero-order chi connectivity index (χ0) is 36.4. The summed E-state index contributed by atoms with van der Waals surface area (Å²) in [6.07, 6.45) is -3.11. The van der Waals surface area contributed by atoms with Crippen molar-refractivity contribution in [3.8, 4) is 5.75 Å². The number of benzene rings is 3. The van der Waals surface area contributed by atoms with E-state index >= 15 is 0 Å². The van der Waals surface area contributed by atoms with Gasteiger partial charge in [0.15, 0.2) is 0 Å². The monoisotopic (exact) mass is 698 g/mol. The number of aliphatic hydroxyl groups excluding tert-OH is 1. The Bertz CT molecular complexity index is 1590. The number of hydrogen-bond donors (Lipinski definition) is 3. The van der Waals surface area contributed by atoms with Gasteiger partial charge in [0.05, 0.1) is 36.0 Å². The largest absolute Gasteiger partial charge is 0.490 e. The number of alkyl halides is 3. The summed E-state index contributed by atoms with van der Waals surface area (Å²) in [4.78, 5) is 43.2. The first kappa shape index (κ1) is 38.2. The van der Waals surface area contributed by atoms with Gasteiger partial charge in [0.25, 0.3) is 11.8 Å². The first-order valence-corrected chi connectivity index (χ1v) is 16.7. The lowest BCUT2D eigenvalue weighted by atomic mass is 10.0. The van der Waals surface area contributed by atoms with E-state index in [1.54, 1.807) is 56.4 Å². The van der Waals surface area contributed by atoms with E-state index in [0.717, 1.165) is 18.6 Å². The van der Waals surface area contributed by atoms with Gasteiger partial charge in [0.2, 0.25) is 0 Å². The second kappa shape index (κ2) is 17.3. The number of likely N-dealkylation sites (N-methyl/N-ethyl adjacent to an activating group) is 1. The lowest BCUT2D eigenvalue weighted by Gasteiger charge is -2.35. The van der Waals surface area contributed by atoms with E-state index in [0.29, 0.717) is 36.4 Å². The van der Waals surface area contributed by atoms with Crippen LogP contribution in [-0.2, 0) is 10.9 Å². The van der Waals surface area contributed by atoms with Crippen LogP contribution >= 0.6 is 0 Å². The van der Waals surface area contributed by atoms with Gasteiger partial charge in [-0.3, -0.25) is 9.59 Å². The van der Waals surface area contributed by atoms with Crippen LogP contribution in [0.4, 0.5) is 29.3 Å². The van der Waals surface area contributed by atoms with Crippen LogP contribution in [0.15, 0.2) is 72.8 Å². The van der Waals surface area contributed by atoms with Gasteiger partial charge in [-0.25, -0.2) is 4.79 Å². The normalized spacial score (nSPS) is 19.7. The van der Waals surface area contributed by atoms with Gasteiger partial charge >= 0.3 is 12.2 Å². The molecule has 50 heavy (non-hydrogen) atoms. The van der Waals surface area contributed by atoms with Crippen LogP contribution < -0.4 is 15.4 Å². The van der Waals surface area contributed by atoms with Crippen molar-refractivity contribution in [1.29, 1.82) is 0 Å². The summed E-state index contributed by atoms with van der Waals surface area (Å²) in [5, 5.41) is 15.7. The van der Waals surface area contributed by atoms with Crippen LogP contribution in [0.3, 0.4) is 0 Å². The van der Waals surface area contributed by atoms with E-state index < -0.39 is 35.8 Å². The number of nitrogens with zero attached hydrogens (tertiary/aromatic N) is 2. The third-order valence-corrected chi connectivity index (χ3v) is 8.61. The molecule has 3 aromatic carbocycles. The standard InChI is InChI=1S/C37H45F3N4O6/c1-24-21-44(25(2)23-45)35(47)31-20-30(41-34(46)27-11-6-5-7-12-27)17-18-32(31)50-26(3)10-8-9-19-49-33(24)22-43(4)36(48)42-29-15-13-28(14-16-29)37(38,39)40/h5-7,11-18,20,24-26,33,45H,8-10,19,21-23H2,1-4H3,(H,41,46)(H,42,48)/t24-,25-,26-,33-/m1/s1. The Balaban J connectivity index is 1.57. The summed E-state index contributed by atoms with van der Waals surface area (Å²) in [6.45, 7) is 5.85. The van der Waals surface area contributed by atoms with Crippen LogP contribution in [0.5, 0.6) is 5.75 Å². The molecule has 13 heteroatoms. The summed E-state index contributed by atoms with van der Waals surface area (Å²) in [7, 11) is 1.56. The van der Waals surface area contributed by atoms with E-state index in [1.165, 1.54) is 21.9 Å². The fourth-order valence-corrected chi connectivity index (χ4v) is 5.57. The molecule has 1 heterocycles. The average Bonchev–Trinajstić information content (AvgIpc) is 3.09. The van der Waals surface area contributed by atoms with Crippen LogP contribution in [0.2, 0.25) is 0 Å². The number of hydrogen-bond acceptors (Lipinski definition) is 6. The Kier molecular flexibility index (Phi) is 13.3. The van der Waals surface area contributed by atoms with Gasteiger partial charge < -0.3 is 35.0 Å². The van der Waals surface area contributed by atoms with Crippen LogP contribution in [-0.4, -0.2) is 84.4 Å². The predicted molar refractivity (Wildman–Crippen MR) is 184 cm³/mol. The highest BCUT2D eigenvalue weighted by Gasteiger charge is 2.32. The highest BCUT2D eigenvalue weighted by atomic mass is 19.4. The van der Waals surface area contributed by atoms with Crippen molar-refractivity contribution in [2.45, 2.75) is 64.5 Å². The molecular weight excluding hydrogens is 653 g/mol. The first-order chi connectivity index (χ1) is 23.8. The van der Waals surface area contributed by atoms with E-state index in [9.17, 15) is 32.7 Å². The number of anilines is 2. The second-order valence-corrected chi connectivity index (χ2v) is 12.7. The number of aliphatic hydroxyl groups is 1. The third kappa shape index (κ3) is 10.4. The SMILES string of the molecule is C[C@@H]1CCCCO[C@H](CN(C)C(=O)Nc2ccc(C(F)(F)F)cc2)[C@H](C)CN([C@H](C)CO)C(=O)c2cc(NC(=O)c3ccccc3)ccc2O1. The van der Waals surface area contributed by atoms with E-state index in [2.05, 4.69) is 10.6 Å². The van der Waals surface area contributed by atoms with Crippen molar-refractivity contribution in [3.05, 3.63) is 89.5 Å². The van der Waals surface area contributed by atoms with Crippen LogP contribution in [0.1, 0.15) is 66.3 Å². The molecule has 10 nitrogen and oxygen atoms in total. The topological polar surface area (TPSA) is 120 Å². The molecule has 0 unspecified atom stereocenters. The highest BCUT2D eigenvalue weighted by molar-refractivity contribution is 6.05. The highest BCUT2D eigenvalue weighted by Crippen LogP contribution is 2.31. The number of carbonyl (C=O) groups is 3. The molecule has 0 aromatic heterocycles. The summed E-state index contributed by atoms with van der Waals surface area (Å²) in [6, 6.07) is 16.6. The van der Waals surface area contributed by atoms with Gasteiger partial charge in [0.1, 0.15) is 5.75 Å². The number of ether oxygens (including phenoxy) is 2.